The minimum absolute atomic E-state index is 0.0268. The van der Waals surface area contributed by atoms with Crippen LogP contribution in [-0.4, -0.2) is 34.7 Å². The molecule has 2 heterocycles. The molecule has 0 saturated carbocycles. The Hall–Kier alpha value is -3.78. The van der Waals surface area contributed by atoms with Crippen molar-refractivity contribution in [2.45, 2.75) is 33.7 Å². The maximum atomic E-state index is 13.3. The zero-order valence-corrected chi connectivity index (χ0v) is 20.3. The summed E-state index contributed by atoms with van der Waals surface area (Å²) in [7, 11) is 1.54. The molecule has 8 heteroatoms. The summed E-state index contributed by atoms with van der Waals surface area (Å²) < 4.78 is 5.25. The van der Waals surface area contributed by atoms with E-state index in [1.54, 1.807) is 44.4 Å². The molecule has 7 nitrogen and oxygen atoms in total. The molecule has 1 fully saturated rings. The zero-order chi connectivity index (χ0) is 24.7. The molecule has 1 saturated heterocycles. The number of Topliss-reactive ketones (excluding diaryl/α,β-unsaturated/α-hetero) is 2. The number of hydrogen-bond donors (Lipinski definition) is 1. The van der Waals surface area contributed by atoms with Crippen molar-refractivity contribution in [3.8, 4) is 5.75 Å². The third-order valence-electron chi connectivity index (χ3n) is 5.84. The largest absolute Gasteiger partial charge is 0.507 e. The number of carbonyl (C=O) groups excluding carboxylic acids is 3. The molecule has 2 aromatic carbocycles. The van der Waals surface area contributed by atoms with Crippen molar-refractivity contribution in [2.75, 3.05) is 12.0 Å². The highest BCUT2D eigenvalue weighted by atomic mass is 32.1. The molecule has 0 bridgehead atoms. The van der Waals surface area contributed by atoms with E-state index in [9.17, 15) is 19.5 Å². The zero-order valence-electron chi connectivity index (χ0n) is 19.5. The Bertz CT molecular complexity index is 1350. The highest BCUT2D eigenvalue weighted by molar-refractivity contribution is 7.18. The Balaban J connectivity index is 1.97. The Labute approximate surface area is 201 Å². The highest BCUT2D eigenvalue weighted by Gasteiger charge is 2.48. The molecule has 0 radical (unpaired) electrons. The maximum absolute atomic E-state index is 13.3. The first-order chi connectivity index (χ1) is 16.1. The molecule has 0 spiro atoms. The number of anilines is 1. The Morgan fingerprint density at radius 3 is 2.35 bits per heavy atom. The fraction of sp³-hybridized carbons (Fsp3) is 0.231. The van der Waals surface area contributed by atoms with Crippen molar-refractivity contribution in [3.63, 3.8) is 0 Å². The molecule has 3 aromatic rings. The predicted molar refractivity (Wildman–Crippen MR) is 131 cm³/mol. The lowest BCUT2D eigenvalue weighted by atomic mass is 9.93. The molecule has 4 rings (SSSR count). The Morgan fingerprint density at radius 1 is 1.09 bits per heavy atom. The van der Waals surface area contributed by atoms with Crippen LogP contribution in [0.2, 0.25) is 0 Å². The predicted octanol–water partition coefficient (Wildman–Crippen LogP) is 4.91. The second-order valence-electron chi connectivity index (χ2n) is 8.23. The van der Waals surface area contributed by atoms with Crippen molar-refractivity contribution < 1.29 is 24.2 Å². The first-order valence-corrected chi connectivity index (χ1v) is 11.5. The third-order valence-corrected chi connectivity index (χ3v) is 7.09. The van der Waals surface area contributed by atoms with Crippen LogP contribution in [0.4, 0.5) is 5.13 Å². The van der Waals surface area contributed by atoms with Crippen molar-refractivity contribution in [1.29, 1.82) is 0 Å². The smallest absolute Gasteiger partial charge is 0.301 e. The van der Waals surface area contributed by atoms with Gasteiger partial charge in [-0.3, -0.25) is 19.3 Å². The van der Waals surface area contributed by atoms with Gasteiger partial charge in [-0.1, -0.05) is 41.2 Å². The highest BCUT2D eigenvalue weighted by Crippen LogP contribution is 2.44. The quantitative estimate of drug-likeness (QED) is 0.243. The van der Waals surface area contributed by atoms with Gasteiger partial charge < -0.3 is 9.84 Å². The summed E-state index contributed by atoms with van der Waals surface area (Å²) in [6, 6.07) is 11.6. The number of rotatable bonds is 5. The minimum Gasteiger partial charge on any atom is -0.507 e. The number of hydrogen-bond acceptors (Lipinski definition) is 7. The van der Waals surface area contributed by atoms with Crippen LogP contribution < -0.4 is 9.64 Å². The number of methoxy groups -OCH3 is 1. The molecule has 1 unspecified atom stereocenters. The fourth-order valence-corrected chi connectivity index (χ4v) is 5.07. The second kappa shape index (κ2) is 8.87. The first kappa shape index (κ1) is 23.4. The van der Waals surface area contributed by atoms with Crippen LogP contribution in [0.1, 0.15) is 50.6 Å². The third kappa shape index (κ3) is 3.90. The van der Waals surface area contributed by atoms with Crippen LogP contribution in [-0.2, 0) is 9.59 Å². The van der Waals surface area contributed by atoms with Gasteiger partial charge in [0.05, 0.1) is 29.3 Å². The summed E-state index contributed by atoms with van der Waals surface area (Å²) in [5.74, 6) is -1.43. The number of aromatic nitrogens is 1. The van der Waals surface area contributed by atoms with E-state index in [1.807, 2.05) is 26.0 Å². The van der Waals surface area contributed by atoms with Gasteiger partial charge in [-0.05, 0) is 50.1 Å². The van der Waals surface area contributed by atoms with E-state index in [0.29, 0.717) is 27.4 Å². The van der Waals surface area contributed by atoms with Gasteiger partial charge in [-0.15, -0.1) is 0 Å². The summed E-state index contributed by atoms with van der Waals surface area (Å²) in [6.07, 6.45) is 0. The van der Waals surface area contributed by atoms with E-state index in [2.05, 4.69) is 4.98 Å². The Morgan fingerprint density at radius 2 is 1.76 bits per heavy atom. The summed E-state index contributed by atoms with van der Waals surface area (Å²) in [5.41, 5.74) is 3.22. The molecule has 1 atom stereocenters. The number of carbonyl (C=O) groups is 3. The van der Waals surface area contributed by atoms with E-state index < -0.39 is 17.7 Å². The second-order valence-corrected chi connectivity index (χ2v) is 9.21. The fourth-order valence-electron chi connectivity index (χ4n) is 4.08. The normalized spacial score (nSPS) is 17.3. The number of aliphatic hydroxyl groups is 1. The summed E-state index contributed by atoms with van der Waals surface area (Å²) in [5, 5.41) is 11.6. The van der Waals surface area contributed by atoms with Gasteiger partial charge >= 0.3 is 5.91 Å². The molecule has 34 heavy (non-hydrogen) atoms. The lowest BCUT2D eigenvalue weighted by molar-refractivity contribution is -0.132. The molecule has 1 aromatic heterocycles. The van der Waals surface area contributed by atoms with Crippen LogP contribution in [0.5, 0.6) is 5.75 Å². The molecular formula is C26H24N2O5S. The van der Waals surface area contributed by atoms with E-state index in [1.165, 1.54) is 11.8 Å². The lowest BCUT2D eigenvalue weighted by Crippen LogP contribution is -2.29. The average Bonchev–Trinajstić information content (AvgIpc) is 3.32. The molecule has 1 aliphatic rings. The van der Waals surface area contributed by atoms with Gasteiger partial charge in [0.1, 0.15) is 11.5 Å². The van der Waals surface area contributed by atoms with Crippen molar-refractivity contribution in [3.05, 3.63) is 80.9 Å². The number of nitrogens with zero attached hydrogens (tertiary/aromatic N) is 2. The van der Waals surface area contributed by atoms with Crippen LogP contribution in [0.25, 0.3) is 5.76 Å². The molecule has 1 N–H and O–H groups in total. The monoisotopic (exact) mass is 476 g/mol. The van der Waals surface area contributed by atoms with Crippen LogP contribution in [0, 0.1) is 20.8 Å². The maximum Gasteiger partial charge on any atom is 0.301 e. The van der Waals surface area contributed by atoms with E-state index in [4.69, 9.17) is 4.74 Å². The topological polar surface area (TPSA) is 96.8 Å². The van der Waals surface area contributed by atoms with Gasteiger partial charge in [0.2, 0.25) is 0 Å². The summed E-state index contributed by atoms with van der Waals surface area (Å²) in [6.45, 7) is 6.83. The van der Waals surface area contributed by atoms with Crippen LogP contribution in [0.15, 0.2) is 48.0 Å². The number of aliphatic hydroxyl groups excluding tert-OH is 1. The standard InChI is InChI=1S/C26H24N2O5S/c1-13-6-7-14(2)19(12-13)22(30)20-21(17-8-10-18(33-5)11-9-17)28(25(32)23(20)31)26-27-15(3)24(34-26)16(4)29/h6-12,21,30H,1-5H3/b22-20+. The molecular weight excluding hydrogens is 452 g/mol. The number of ketones is 2. The minimum atomic E-state index is -0.920. The number of benzene rings is 2. The van der Waals surface area contributed by atoms with Gasteiger partial charge in [-0.2, -0.15) is 0 Å². The van der Waals surface area contributed by atoms with Gasteiger partial charge in [0.25, 0.3) is 5.78 Å². The van der Waals surface area contributed by atoms with E-state index in [-0.39, 0.29) is 22.2 Å². The summed E-state index contributed by atoms with van der Waals surface area (Å²) in [4.78, 5) is 44.7. The average molecular weight is 477 g/mol. The molecule has 1 amide bonds. The van der Waals surface area contributed by atoms with E-state index >= 15 is 0 Å². The Kier molecular flexibility index (Phi) is 6.10. The van der Waals surface area contributed by atoms with Gasteiger partial charge in [-0.25, -0.2) is 4.98 Å². The lowest BCUT2D eigenvalue weighted by Gasteiger charge is -2.23. The van der Waals surface area contributed by atoms with Crippen molar-refractivity contribution >= 4 is 39.7 Å². The van der Waals surface area contributed by atoms with Crippen molar-refractivity contribution in [2.24, 2.45) is 0 Å². The number of thiazole rings is 1. The van der Waals surface area contributed by atoms with Gasteiger partial charge in [0, 0.05) is 12.5 Å². The number of aryl methyl sites for hydroxylation is 3. The van der Waals surface area contributed by atoms with Gasteiger partial charge in [0.15, 0.2) is 10.9 Å². The first-order valence-electron chi connectivity index (χ1n) is 10.6. The number of amides is 1. The van der Waals surface area contributed by atoms with Crippen LogP contribution in [0.3, 0.4) is 0 Å². The summed E-state index contributed by atoms with van der Waals surface area (Å²) >= 11 is 1.06. The SMILES string of the molecule is COc1ccc(C2/C(=C(\O)c3cc(C)ccc3C)C(=O)C(=O)N2c2nc(C)c(C(C)=O)s2)cc1. The van der Waals surface area contributed by atoms with E-state index in [0.717, 1.165) is 22.5 Å². The molecule has 174 valence electrons. The van der Waals surface area contributed by atoms with Crippen LogP contribution >= 0.6 is 11.3 Å². The van der Waals surface area contributed by atoms with Crippen molar-refractivity contribution in [1.82, 2.24) is 4.98 Å². The molecule has 0 aliphatic carbocycles. The number of ether oxygens (including phenoxy) is 1. The molecule has 1 aliphatic heterocycles.